The first kappa shape index (κ1) is 22.4. The third-order valence-corrected chi connectivity index (χ3v) is 5.22. The molecule has 1 aromatic carbocycles. The molecule has 1 fully saturated rings. The van der Waals surface area contributed by atoms with E-state index in [2.05, 4.69) is 33.8 Å². The van der Waals surface area contributed by atoms with E-state index in [4.69, 9.17) is 0 Å². The number of allylic oxidation sites excluding steroid dienone is 1. The van der Waals surface area contributed by atoms with Crippen molar-refractivity contribution in [1.29, 1.82) is 0 Å². The van der Waals surface area contributed by atoms with Crippen molar-refractivity contribution in [2.45, 2.75) is 45.6 Å². The Hall–Kier alpha value is -3.25. The van der Waals surface area contributed by atoms with Crippen LogP contribution in [0.25, 0.3) is 11.3 Å². The van der Waals surface area contributed by atoms with Crippen molar-refractivity contribution in [1.82, 2.24) is 9.97 Å². The Labute approximate surface area is 183 Å². The van der Waals surface area contributed by atoms with Gasteiger partial charge in [-0.2, -0.15) is 0 Å². The molecule has 2 aromatic rings. The predicted octanol–water partition coefficient (Wildman–Crippen LogP) is 5.08. The molecule has 1 unspecified atom stereocenters. The number of carbonyl (C=O) groups is 1. The molecule has 0 saturated heterocycles. The van der Waals surface area contributed by atoms with Gasteiger partial charge in [-0.1, -0.05) is 50.8 Å². The maximum Gasteiger partial charge on any atom is 0.228 e. The molecule has 0 radical (unpaired) electrons. The summed E-state index contributed by atoms with van der Waals surface area (Å²) in [6, 6.07) is 9.53. The second-order valence-corrected chi connectivity index (χ2v) is 7.91. The van der Waals surface area contributed by atoms with E-state index < -0.39 is 6.10 Å². The summed E-state index contributed by atoms with van der Waals surface area (Å²) in [4.78, 5) is 20.6. The van der Waals surface area contributed by atoms with Gasteiger partial charge in [-0.05, 0) is 43.4 Å². The third-order valence-electron chi connectivity index (χ3n) is 5.22. The van der Waals surface area contributed by atoms with Crippen LogP contribution in [-0.4, -0.2) is 27.1 Å². The van der Waals surface area contributed by atoms with Crippen molar-refractivity contribution in [3.05, 3.63) is 72.7 Å². The molecule has 3 N–H and O–H groups in total. The van der Waals surface area contributed by atoms with Crippen LogP contribution in [0.3, 0.4) is 0 Å². The molecule has 0 bridgehead atoms. The van der Waals surface area contributed by atoms with Crippen molar-refractivity contribution in [3.8, 4) is 11.3 Å². The van der Waals surface area contributed by atoms with Gasteiger partial charge in [-0.15, -0.1) is 0 Å². The molecule has 6 heteroatoms. The zero-order valence-corrected chi connectivity index (χ0v) is 18.2. The van der Waals surface area contributed by atoms with Gasteiger partial charge >= 0.3 is 0 Å². The van der Waals surface area contributed by atoms with E-state index in [9.17, 15) is 9.90 Å². The molecule has 6 nitrogen and oxygen atoms in total. The highest BCUT2D eigenvalue weighted by Gasteiger charge is 2.29. The molecule has 31 heavy (non-hydrogen) atoms. The van der Waals surface area contributed by atoms with Crippen molar-refractivity contribution in [2.24, 2.45) is 5.92 Å². The summed E-state index contributed by atoms with van der Waals surface area (Å²) >= 11 is 0. The van der Waals surface area contributed by atoms with Crippen LogP contribution in [0.5, 0.6) is 0 Å². The number of aromatic nitrogens is 2. The highest BCUT2D eigenvalue weighted by atomic mass is 16.3. The summed E-state index contributed by atoms with van der Waals surface area (Å²) in [5.41, 5.74) is 4.65. The quantitative estimate of drug-likeness (QED) is 0.468. The number of hydrogen-bond acceptors (Lipinski definition) is 5. The van der Waals surface area contributed by atoms with Crippen LogP contribution in [0.2, 0.25) is 0 Å². The molecule has 1 aliphatic carbocycles. The molecule has 0 aliphatic heterocycles. The summed E-state index contributed by atoms with van der Waals surface area (Å²) in [7, 11) is 0. The van der Waals surface area contributed by atoms with Crippen LogP contribution in [0.1, 0.15) is 39.5 Å². The van der Waals surface area contributed by atoms with Gasteiger partial charge < -0.3 is 15.7 Å². The van der Waals surface area contributed by atoms with Gasteiger partial charge in [-0.3, -0.25) is 4.79 Å². The Balaban J connectivity index is 1.77. The first-order chi connectivity index (χ1) is 14.9. The Morgan fingerprint density at radius 3 is 2.71 bits per heavy atom. The maximum absolute atomic E-state index is 12.1. The fraction of sp³-hybridized carbons (Fsp3) is 0.320. The minimum Gasteiger partial charge on any atom is -0.388 e. The average molecular weight is 419 g/mol. The topological polar surface area (TPSA) is 87.1 Å². The molecule has 3 rings (SSSR count). The second kappa shape index (κ2) is 10.2. The standard InChI is InChI=1S/C25H30N4O2/c1-5-8-23(30)17(3)13-16(2)18(4)28-21-10-7-6-9-20(21)22-14-24(27-15-26-22)29-25(31)19-11-12-19/h6-7,9-10,13-15,19,23,28,30H,3-5,8,11-12H2,1-2H3,(H,26,27,29,31)/b16-13-. The average Bonchev–Trinajstić information content (AvgIpc) is 3.60. The molecule has 0 spiro atoms. The zero-order valence-electron chi connectivity index (χ0n) is 18.2. The van der Waals surface area contributed by atoms with Crippen LogP contribution < -0.4 is 10.6 Å². The number of nitrogens with zero attached hydrogens (tertiary/aromatic N) is 2. The number of aliphatic hydroxyl groups excluding tert-OH is 1. The van der Waals surface area contributed by atoms with Gasteiger partial charge in [-0.25, -0.2) is 9.97 Å². The number of amides is 1. The fourth-order valence-electron chi connectivity index (χ4n) is 3.14. The number of anilines is 2. The summed E-state index contributed by atoms with van der Waals surface area (Å²) in [5.74, 6) is 0.611. The molecular formula is C25H30N4O2. The number of hydrogen-bond donors (Lipinski definition) is 3. The lowest BCUT2D eigenvalue weighted by molar-refractivity contribution is -0.117. The molecule has 1 atom stereocenters. The van der Waals surface area contributed by atoms with Crippen molar-refractivity contribution >= 4 is 17.4 Å². The number of nitrogens with one attached hydrogen (secondary N) is 2. The van der Waals surface area contributed by atoms with Crippen LogP contribution in [0.15, 0.2) is 72.7 Å². The smallest absolute Gasteiger partial charge is 0.228 e. The summed E-state index contributed by atoms with van der Waals surface area (Å²) in [6.45, 7) is 12.1. The van der Waals surface area contributed by atoms with Crippen molar-refractivity contribution in [3.63, 3.8) is 0 Å². The van der Waals surface area contributed by atoms with E-state index in [0.717, 1.165) is 36.1 Å². The zero-order chi connectivity index (χ0) is 22.4. The fourth-order valence-corrected chi connectivity index (χ4v) is 3.14. The van der Waals surface area contributed by atoms with E-state index in [1.807, 2.05) is 44.2 Å². The summed E-state index contributed by atoms with van der Waals surface area (Å²) in [6.07, 6.45) is 6.20. The normalized spacial score (nSPS) is 14.6. The first-order valence-corrected chi connectivity index (χ1v) is 10.6. The number of carbonyl (C=O) groups excluding carboxylic acids is 1. The SMILES string of the molecule is C=C(Nc1ccccc1-c1cc(NC(=O)C2CC2)ncn1)/C(C)=C\C(=C)C(O)CCC. The summed E-state index contributed by atoms with van der Waals surface area (Å²) < 4.78 is 0. The molecule has 1 aromatic heterocycles. The molecular weight excluding hydrogens is 388 g/mol. The highest BCUT2D eigenvalue weighted by Crippen LogP contribution is 2.31. The minimum absolute atomic E-state index is 0.00990. The monoisotopic (exact) mass is 418 g/mol. The minimum atomic E-state index is -0.551. The highest BCUT2D eigenvalue weighted by molar-refractivity contribution is 5.93. The maximum atomic E-state index is 12.1. The molecule has 1 aliphatic rings. The molecule has 1 amide bonds. The number of rotatable bonds is 10. The van der Waals surface area contributed by atoms with Crippen molar-refractivity contribution in [2.75, 3.05) is 10.6 Å². The van der Waals surface area contributed by atoms with Crippen LogP contribution >= 0.6 is 0 Å². The van der Waals surface area contributed by atoms with Gasteiger partial charge in [0.25, 0.3) is 0 Å². The lowest BCUT2D eigenvalue weighted by Gasteiger charge is -2.16. The molecule has 1 saturated carbocycles. The largest absolute Gasteiger partial charge is 0.388 e. The lowest BCUT2D eigenvalue weighted by atomic mass is 10.0. The van der Waals surface area contributed by atoms with E-state index in [1.165, 1.54) is 6.33 Å². The van der Waals surface area contributed by atoms with Crippen molar-refractivity contribution < 1.29 is 9.90 Å². The molecule has 1 heterocycles. The van der Waals surface area contributed by atoms with E-state index in [1.54, 1.807) is 6.07 Å². The summed E-state index contributed by atoms with van der Waals surface area (Å²) in [5, 5.41) is 16.3. The van der Waals surface area contributed by atoms with Gasteiger partial charge in [0.2, 0.25) is 5.91 Å². The van der Waals surface area contributed by atoms with Gasteiger partial charge in [0, 0.05) is 28.9 Å². The second-order valence-electron chi connectivity index (χ2n) is 7.91. The Morgan fingerprint density at radius 2 is 2.00 bits per heavy atom. The first-order valence-electron chi connectivity index (χ1n) is 10.6. The number of aliphatic hydroxyl groups is 1. The van der Waals surface area contributed by atoms with E-state index in [-0.39, 0.29) is 11.8 Å². The van der Waals surface area contributed by atoms with E-state index in [0.29, 0.717) is 29.2 Å². The Morgan fingerprint density at radius 1 is 1.26 bits per heavy atom. The lowest BCUT2D eigenvalue weighted by Crippen LogP contribution is -2.14. The Bertz CT molecular complexity index is 1010. The number of para-hydroxylation sites is 1. The van der Waals surface area contributed by atoms with Gasteiger partial charge in [0.15, 0.2) is 0 Å². The van der Waals surface area contributed by atoms with Gasteiger partial charge in [0.1, 0.15) is 12.1 Å². The Kier molecular flexibility index (Phi) is 7.36. The number of benzene rings is 1. The third kappa shape index (κ3) is 6.12. The predicted molar refractivity (Wildman–Crippen MR) is 125 cm³/mol. The van der Waals surface area contributed by atoms with Crippen LogP contribution in [0, 0.1) is 5.92 Å². The van der Waals surface area contributed by atoms with Crippen LogP contribution in [-0.2, 0) is 4.79 Å². The molecule has 162 valence electrons. The van der Waals surface area contributed by atoms with E-state index >= 15 is 0 Å². The van der Waals surface area contributed by atoms with Crippen LogP contribution in [0.4, 0.5) is 11.5 Å². The van der Waals surface area contributed by atoms with Gasteiger partial charge in [0.05, 0.1) is 11.8 Å².